The van der Waals surface area contributed by atoms with Gasteiger partial charge in [0.1, 0.15) is 6.26 Å². The smallest absolute Gasteiger partial charge is 0.257 e. The lowest BCUT2D eigenvalue weighted by atomic mass is 9.98. The molecule has 102 valence electrons. The lowest BCUT2D eigenvalue weighted by molar-refractivity contribution is 0.0139. The lowest BCUT2D eigenvalue weighted by Crippen LogP contribution is -2.51. The summed E-state index contributed by atoms with van der Waals surface area (Å²) in [6.07, 6.45) is 4.84. The number of halogens is 1. The van der Waals surface area contributed by atoms with Crippen molar-refractivity contribution in [3.05, 3.63) is 24.2 Å². The number of carbonyl (C=O) groups is 1. The fraction of sp³-hybridized carbons (Fsp3) is 0.583. The fourth-order valence-corrected chi connectivity index (χ4v) is 2.27. The van der Waals surface area contributed by atoms with E-state index < -0.39 is 0 Å². The number of methoxy groups -OCH3 is 1. The van der Waals surface area contributed by atoms with Gasteiger partial charge in [-0.05, 0) is 18.9 Å². The third-order valence-electron chi connectivity index (χ3n) is 3.30. The topological polar surface area (TPSA) is 68.7 Å². The van der Waals surface area contributed by atoms with E-state index in [9.17, 15) is 4.79 Å². The Morgan fingerprint density at radius 2 is 2.44 bits per heavy atom. The second kappa shape index (κ2) is 6.78. The van der Waals surface area contributed by atoms with Crippen molar-refractivity contribution in [3.63, 3.8) is 0 Å². The van der Waals surface area contributed by atoms with Crippen LogP contribution < -0.4 is 5.73 Å². The molecule has 1 saturated heterocycles. The summed E-state index contributed by atoms with van der Waals surface area (Å²) in [7, 11) is 1.70. The van der Waals surface area contributed by atoms with Crippen LogP contribution in [0.25, 0.3) is 0 Å². The highest BCUT2D eigenvalue weighted by atomic mass is 35.5. The summed E-state index contributed by atoms with van der Waals surface area (Å²) in [6.45, 7) is 1.15. The van der Waals surface area contributed by atoms with E-state index in [4.69, 9.17) is 14.9 Å². The first kappa shape index (κ1) is 15.0. The normalized spacial score (nSPS) is 23.6. The maximum Gasteiger partial charge on any atom is 0.257 e. The van der Waals surface area contributed by atoms with E-state index in [0.29, 0.717) is 18.7 Å². The van der Waals surface area contributed by atoms with Gasteiger partial charge in [0.25, 0.3) is 5.91 Å². The molecule has 0 aliphatic carbocycles. The molecule has 1 amide bonds. The van der Waals surface area contributed by atoms with Crippen molar-refractivity contribution in [2.24, 2.45) is 5.73 Å². The van der Waals surface area contributed by atoms with Crippen LogP contribution in [0.15, 0.2) is 23.0 Å². The molecule has 5 nitrogen and oxygen atoms in total. The molecule has 0 spiro atoms. The van der Waals surface area contributed by atoms with E-state index in [1.54, 1.807) is 13.2 Å². The molecule has 0 bridgehead atoms. The highest BCUT2D eigenvalue weighted by molar-refractivity contribution is 5.94. The van der Waals surface area contributed by atoms with E-state index in [1.807, 2.05) is 4.90 Å². The van der Waals surface area contributed by atoms with Crippen molar-refractivity contribution in [2.45, 2.75) is 25.0 Å². The summed E-state index contributed by atoms with van der Waals surface area (Å²) in [5.74, 6) is -0.0104. The summed E-state index contributed by atoms with van der Waals surface area (Å²) in [5.41, 5.74) is 6.31. The highest BCUT2D eigenvalue weighted by Gasteiger charge is 2.31. The Morgan fingerprint density at radius 3 is 3.00 bits per heavy atom. The minimum atomic E-state index is -0.0104. The number of hydrogen-bond acceptors (Lipinski definition) is 4. The first-order valence-corrected chi connectivity index (χ1v) is 5.82. The van der Waals surface area contributed by atoms with Crippen molar-refractivity contribution >= 4 is 18.3 Å². The number of likely N-dealkylation sites (tertiary alicyclic amines) is 1. The molecule has 18 heavy (non-hydrogen) atoms. The molecule has 1 aliphatic rings. The van der Waals surface area contributed by atoms with Gasteiger partial charge in [0.05, 0.1) is 17.9 Å². The molecule has 0 aromatic carbocycles. The minimum absolute atomic E-state index is 0. The van der Waals surface area contributed by atoms with Crippen LogP contribution in [0.5, 0.6) is 0 Å². The van der Waals surface area contributed by atoms with E-state index in [2.05, 4.69) is 0 Å². The average Bonchev–Trinajstić information content (AvgIpc) is 2.91. The molecule has 0 radical (unpaired) electrons. The van der Waals surface area contributed by atoms with Gasteiger partial charge in [-0.25, -0.2) is 0 Å². The predicted octanol–water partition coefficient (Wildman–Crippen LogP) is 1.28. The summed E-state index contributed by atoms with van der Waals surface area (Å²) in [5, 5.41) is 0. The molecule has 6 heteroatoms. The number of nitrogens with zero attached hydrogens (tertiary/aromatic N) is 1. The Balaban J connectivity index is 0.00000162. The molecule has 1 fully saturated rings. The van der Waals surface area contributed by atoms with Gasteiger partial charge in [0.15, 0.2) is 0 Å². The number of amides is 1. The van der Waals surface area contributed by atoms with Gasteiger partial charge in [-0.2, -0.15) is 0 Å². The maximum absolute atomic E-state index is 12.2. The number of carbonyl (C=O) groups excluding carboxylic acids is 1. The van der Waals surface area contributed by atoms with Gasteiger partial charge in [0, 0.05) is 26.2 Å². The molecule has 1 aliphatic heterocycles. The zero-order chi connectivity index (χ0) is 12.3. The second-order valence-corrected chi connectivity index (χ2v) is 4.28. The maximum atomic E-state index is 12.2. The van der Waals surface area contributed by atoms with Crippen LogP contribution in [0.4, 0.5) is 0 Å². The number of rotatable bonds is 3. The molecule has 2 N–H and O–H groups in total. The molecule has 2 heterocycles. The van der Waals surface area contributed by atoms with Crippen molar-refractivity contribution in [1.82, 2.24) is 4.90 Å². The van der Waals surface area contributed by atoms with Crippen LogP contribution in [-0.2, 0) is 4.74 Å². The molecule has 1 aromatic rings. The molecule has 1 aromatic heterocycles. The van der Waals surface area contributed by atoms with Crippen molar-refractivity contribution < 1.29 is 13.9 Å². The third-order valence-corrected chi connectivity index (χ3v) is 3.30. The van der Waals surface area contributed by atoms with Crippen molar-refractivity contribution in [1.29, 1.82) is 0 Å². The molecule has 2 rings (SSSR count). The lowest BCUT2D eigenvalue weighted by Gasteiger charge is -2.38. The number of ether oxygens (including phenoxy) is 1. The van der Waals surface area contributed by atoms with E-state index in [-0.39, 0.29) is 30.5 Å². The summed E-state index contributed by atoms with van der Waals surface area (Å²) >= 11 is 0. The number of hydrogen-bond donors (Lipinski definition) is 1. The standard InChI is InChI=1S/C12H18N2O3.ClH/c1-16-11-2-4-14(10(6-11)7-13)12(15)9-3-5-17-8-9;/h3,5,8,10-11H,2,4,6-7,13H2,1H3;1H. The Bertz CT molecular complexity index is 369. The Labute approximate surface area is 113 Å². The Hall–Kier alpha value is -1.04. The van der Waals surface area contributed by atoms with Gasteiger partial charge in [-0.1, -0.05) is 0 Å². The van der Waals surface area contributed by atoms with Crippen molar-refractivity contribution in [2.75, 3.05) is 20.2 Å². The van der Waals surface area contributed by atoms with Crippen LogP contribution in [0.3, 0.4) is 0 Å². The first-order valence-electron chi connectivity index (χ1n) is 5.82. The zero-order valence-corrected chi connectivity index (χ0v) is 11.2. The molecular formula is C12H19ClN2O3. The summed E-state index contributed by atoms with van der Waals surface area (Å²) in [4.78, 5) is 14.0. The molecule has 2 unspecified atom stereocenters. The number of furan rings is 1. The van der Waals surface area contributed by atoms with Gasteiger partial charge >= 0.3 is 0 Å². The minimum Gasteiger partial charge on any atom is -0.472 e. The van der Waals surface area contributed by atoms with E-state index >= 15 is 0 Å². The fourth-order valence-electron chi connectivity index (χ4n) is 2.27. The molecular weight excluding hydrogens is 256 g/mol. The van der Waals surface area contributed by atoms with Gasteiger partial charge in [-0.3, -0.25) is 4.79 Å². The highest BCUT2D eigenvalue weighted by Crippen LogP contribution is 2.21. The SMILES string of the molecule is COC1CCN(C(=O)c2ccoc2)C(CN)C1.Cl. The van der Waals surface area contributed by atoms with Gasteiger partial charge in [-0.15, -0.1) is 12.4 Å². The van der Waals surface area contributed by atoms with Crippen LogP contribution in [-0.4, -0.2) is 43.2 Å². The van der Waals surface area contributed by atoms with Crippen LogP contribution >= 0.6 is 12.4 Å². The number of nitrogens with two attached hydrogens (primary N) is 1. The Kier molecular flexibility index (Phi) is 5.65. The number of piperidine rings is 1. The molecule has 0 saturated carbocycles. The quantitative estimate of drug-likeness (QED) is 0.902. The van der Waals surface area contributed by atoms with Crippen LogP contribution in [0, 0.1) is 0 Å². The summed E-state index contributed by atoms with van der Waals surface area (Å²) in [6, 6.07) is 1.73. The third kappa shape index (κ3) is 3.04. The van der Waals surface area contributed by atoms with Crippen LogP contribution in [0.1, 0.15) is 23.2 Å². The molecule has 2 atom stereocenters. The second-order valence-electron chi connectivity index (χ2n) is 4.28. The van der Waals surface area contributed by atoms with Gasteiger partial charge < -0.3 is 19.8 Å². The zero-order valence-electron chi connectivity index (χ0n) is 10.4. The van der Waals surface area contributed by atoms with Crippen LogP contribution in [0.2, 0.25) is 0 Å². The summed E-state index contributed by atoms with van der Waals surface area (Å²) < 4.78 is 10.3. The predicted molar refractivity (Wildman–Crippen MR) is 69.9 cm³/mol. The van der Waals surface area contributed by atoms with Gasteiger partial charge in [0.2, 0.25) is 0 Å². The van der Waals surface area contributed by atoms with E-state index in [1.165, 1.54) is 12.5 Å². The van der Waals surface area contributed by atoms with Crippen molar-refractivity contribution in [3.8, 4) is 0 Å². The van der Waals surface area contributed by atoms with E-state index in [0.717, 1.165) is 12.8 Å². The Morgan fingerprint density at radius 1 is 1.67 bits per heavy atom. The monoisotopic (exact) mass is 274 g/mol. The largest absolute Gasteiger partial charge is 0.472 e. The first-order chi connectivity index (χ1) is 8.26. The average molecular weight is 275 g/mol.